The van der Waals surface area contributed by atoms with Crippen LogP contribution in [0.15, 0.2) is 80.4 Å². The zero-order valence-electron chi connectivity index (χ0n) is 18.4. The first-order valence-electron chi connectivity index (χ1n) is 11.0. The first-order chi connectivity index (χ1) is 16.1. The van der Waals surface area contributed by atoms with Crippen LogP contribution in [0.5, 0.6) is 5.75 Å². The largest absolute Gasteiger partial charge is 0.497 e. The summed E-state index contributed by atoms with van der Waals surface area (Å²) >= 11 is 1.41. The van der Waals surface area contributed by atoms with Gasteiger partial charge in [-0.25, -0.2) is 4.99 Å². The fourth-order valence-electron chi connectivity index (χ4n) is 4.79. The number of thiazole rings is 1. The Morgan fingerprint density at radius 3 is 2.82 bits per heavy atom. The van der Waals surface area contributed by atoms with Gasteiger partial charge >= 0.3 is 0 Å². The molecule has 0 N–H and O–H groups in total. The van der Waals surface area contributed by atoms with E-state index in [1.807, 2.05) is 47.9 Å². The molecule has 0 radical (unpaired) electrons. The molecule has 1 aliphatic carbocycles. The minimum absolute atomic E-state index is 0.0500. The number of aryl methyl sites for hydroxylation is 2. The van der Waals surface area contributed by atoms with Gasteiger partial charge in [0, 0.05) is 11.6 Å². The molecule has 5 nitrogen and oxygen atoms in total. The molecule has 2 aromatic carbocycles. The Bertz CT molecular complexity index is 1600. The zero-order valence-corrected chi connectivity index (χ0v) is 19.2. The van der Waals surface area contributed by atoms with Crippen molar-refractivity contribution in [3.8, 4) is 5.75 Å². The third-order valence-electron chi connectivity index (χ3n) is 6.32. The average Bonchev–Trinajstić information content (AvgIpc) is 3.40. The van der Waals surface area contributed by atoms with Crippen molar-refractivity contribution in [3.63, 3.8) is 0 Å². The van der Waals surface area contributed by atoms with E-state index >= 15 is 0 Å². The van der Waals surface area contributed by atoms with Gasteiger partial charge in [-0.3, -0.25) is 9.36 Å². The second kappa shape index (κ2) is 7.74. The Balaban J connectivity index is 1.64. The van der Waals surface area contributed by atoms with Gasteiger partial charge in [0.1, 0.15) is 17.3 Å². The molecule has 0 saturated heterocycles. The van der Waals surface area contributed by atoms with Crippen LogP contribution in [-0.4, -0.2) is 11.7 Å². The number of furan rings is 1. The first kappa shape index (κ1) is 20.0. The lowest BCUT2D eigenvalue weighted by Gasteiger charge is -2.31. The molecule has 1 aliphatic heterocycles. The molecule has 2 aliphatic rings. The van der Waals surface area contributed by atoms with Crippen LogP contribution in [0.4, 0.5) is 0 Å². The summed E-state index contributed by atoms with van der Waals surface area (Å²) in [4.78, 5) is 19.4. The van der Waals surface area contributed by atoms with Crippen LogP contribution in [-0.2, 0) is 6.42 Å². The maximum Gasteiger partial charge on any atom is 0.271 e. The zero-order chi connectivity index (χ0) is 22.5. The van der Waals surface area contributed by atoms with Gasteiger partial charge in [-0.1, -0.05) is 47.7 Å². The van der Waals surface area contributed by atoms with Crippen molar-refractivity contribution < 1.29 is 9.15 Å². The van der Waals surface area contributed by atoms with Crippen molar-refractivity contribution in [3.05, 3.63) is 114 Å². The molecule has 0 saturated carbocycles. The van der Waals surface area contributed by atoms with Crippen LogP contribution in [0.1, 0.15) is 40.7 Å². The normalized spacial score (nSPS) is 17.3. The lowest BCUT2D eigenvalue weighted by Crippen LogP contribution is -2.38. The second-order valence-electron chi connectivity index (χ2n) is 8.34. The van der Waals surface area contributed by atoms with E-state index in [1.165, 1.54) is 22.5 Å². The van der Waals surface area contributed by atoms with Crippen molar-refractivity contribution in [2.24, 2.45) is 4.99 Å². The summed E-state index contributed by atoms with van der Waals surface area (Å²) in [5, 5.41) is 0. The van der Waals surface area contributed by atoms with Crippen LogP contribution < -0.4 is 19.6 Å². The number of rotatable bonds is 3. The third kappa shape index (κ3) is 3.29. The minimum Gasteiger partial charge on any atom is -0.497 e. The van der Waals surface area contributed by atoms with Crippen LogP contribution in [0.3, 0.4) is 0 Å². The number of hydrogen-bond acceptors (Lipinski definition) is 5. The van der Waals surface area contributed by atoms with E-state index in [4.69, 9.17) is 14.1 Å². The molecule has 6 rings (SSSR count). The van der Waals surface area contributed by atoms with Crippen LogP contribution >= 0.6 is 11.3 Å². The van der Waals surface area contributed by atoms with Gasteiger partial charge in [-0.15, -0.1) is 0 Å². The number of ether oxygens (including phenoxy) is 1. The Labute approximate surface area is 194 Å². The summed E-state index contributed by atoms with van der Waals surface area (Å²) in [6.45, 7) is 1.90. The molecule has 1 unspecified atom stereocenters. The number of hydrogen-bond donors (Lipinski definition) is 0. The SMILES string of the molecule is COc1cccc(C2C3=C(N=c4sc(=Cc5ccc(C)o5)c(=O)n42)c2ccccc2CC3)c1. The molecular weight excluding hydrogens is 432 g/mol. The van der Waals surface area contributed by atoms with E-state index in [0.29, 0.717) is 15.1 Å². The molecular formula is C27H22N2O3S. The Kier molecular flexibility index (Phi) is 4.69. The van der Waals surface area contributed by atoms with Crippen molar-refractivity contribution in [2.45, 2.75) is 25.8 Å². The molecule has 0 bridgehead atoms. The van der Waals surface area contributed by atoms with E-state index in [9.17, 15) is 4.79 Å². The summed E-state index contributed by atoms with van der Waals surface area (Å²) in [6.07, 6.45) is 3.61. The van der Waals surface area contributed by atoms with Gasteiger partial charge in [0.15, 0.2) is 4.80 Å². The molecule has 4 aromatic rings. The predicted molar refractivity (Wildman–Crippen MR) is 129 cm³/mol. The van der Waals surface area contributed by atoms with E-state index < -0.39 is 0 Å². The standard InChI is InChI=1S/C27H22N2O3S/c1-16-10-12-20(32-16)15-23-26(30)29-25(18-7-5-8-19(14-18)31-2)22-13-11-17-6-3-4-9-21(17)24(22)28-27(29)33-23/h3-10,12,14-15,25H,11,13H2,1-2H3. The molecule has 0 fully saturated rings. The lowest BCUT2D eigenvalue weighted by atomic mass is 9.83. The molecule has 164 valence electrons. The third-order valence-corrected chi connectivity index (χ3v) is 7.30. The number of nitrogens with zero attached hydrogens (tertiary/aromatic N) is 2. The predicted octanol–water partition coefficient (Wildman–Crippen LogP) is 4.23. The van der Waals surface area contributed by atoms with E-state index in [2.05, 4.69) is 30.3 Å². The summed E-state index contributed by atoms with van der Waals surface area (Å²) in [7, 11) is 1.66. The van der Waals surface area contributed by atoms with Crippen LogP contribution in [0.25, 0.3) is 11.8 Å². The van der Waals surface area contributed by atoms with Gasteiger partial charge in [0.05, 0.1) is 23.4 Å². The molecule has 3 heterocycles. The Morgan fingerprint density at radius 2 is 2.00 bits per heavy atom. The Morgan fingerprint density at radius 1 is 1.12 bits per heavy atom. The number of benzene rings is 2. The highest BCUT2D eigenvalue weighted by Crippen LogP contribution is 2.41. The van der Waals surface area contributed by atoms with Crippen molar-refractivity contribution in [1.29, 1.82) is 0 Å². The van der Waals surface area contributed by atoms with Crippen molar-refractivity contribution >= 4 is 23.1 Å². The summed E-state index contributed by atoms with van der Waals surface area (Å²) in [5.74, 6) is 2.26. The van der Waals surface area contributed by atoms with E-state index in [-0.39, 0.29) is 11.6 Å². The quantitative estimate of drug-likeness (QED) is 0.466. The molecule has 6 heteroatoms. The van der Waals surface area contributed by atoms with Crippen LogP contribution in [0.2, 0.25) is 0 Å². The fourth-order valence-corrected chi connectivity index (χ4v) is 5.78. The highest BCUT2D eigenvalue weighted by Gasteiger charge is 2.32. The van der Waals surface area contributed by atoms with Gasteiger partial charge in [-0.2, -0.15) is 0 Å². The fraction of sp³-hybridized carbons (Fsp3) is 0.185. The maximum atomic E-state index is 13.7. The topological polar surface area (TPSA) is 56.7 Å². The van der Waals surface area contributed by atoms with Gasteiger partial charge < -0.3 is 9.15 Å². The summed E-state index contributed by atoms with van der Waals surface area (Å²) < 4.78 is 13.7. The average molecular weight is 455 g/mol. The number of aromatic nitrogens is 1. The smallest absolute Gasteiger partial charge is 0.271 e. The first-order valence-corrected chi connectivity index (χ1v) is 11.8. The molecule has 0 spiro atoms. The molecule has 1 atom stereocenters. The molecule has 0 amide bonds. The van der Waals surface area contributed by atoms with Crippen molar-refractivity contribution in [2.75, 3.05) is 7.11 Å². The highest BCUT2D eigenvalue weighted by molar-refractivity contribution is 7.07. The maximum absolute atomic E-state index is 13.7. The van der Waals surface area contributed by atoms with E-state index in [1.54, 1.807) is 7.11 Å². The van der Waals surface area contributed by atoms with Gasteiger partial charge in [-0.05, 0) is 60.7 Å². The lowest BCUT2D eigenvalue weighted by molar-refractivity contribution is 0.413. The van der Waals surface area contributed by atoms with Crippen molar-refractivity contribution in [1.82, 2.24) is 4.57 Å². The van der Waals surface area contributed by atoms with Gasteiger partial charge in [0.2, 0.25) is 0 Å². The number of allylic oxidation sites excluding steroid dienone is 1. The number of fused-ring (bicyclic) bond motifs is 3. The number of methoxy groups -OCH3 is 1. The second-order valence-corrected chi connectivity index (χ2v) is 9.35. The summed E-state index contributed by atoms with van der Waals surface area (Å²) in [6, 6.07) is 20.0. The molecule has 2 aromatic heterocycles. The van der Waals surface area contributed by atoms with E-state index in [0.717, 1.165) is 41.2 Å². The summed E-state index contributed by atoms with van der Waals surface area (Å²) in [5.41, 5.74) is 5.60. The monoisotopic (exact) mass is 454 g/mol. The van der Waals surface area contributed by atoms with Crippen LogP contribution in [0, 0.1) is 6.92 Å². The minimum atomic E-state index is -0.222. The Hall–Kier alpha value is -3.64. The van der Waals surface area contributed by atoms with Gasteiger partial charge in [0.25, 0.3) is 5.56 Å². The highest BCUT2D eigenvalue weighted by atomic mass is 32.1. The molecule has 33 heavy (non-hydrogen) atoms.